The van der Waals surface area contributed by atoms with Crippen molar-refractivity contribution in [2.75, 3.05) is 6.61 Å². The SMILES string of the molecule is O=C(COc1ccc2c(-c3ccccc3)cc(=O)oc2c1)NN1C(=O)C(Cl)C1c1ccc([N+](=O)[O-])cc1. The average molecular weight is 520 g/mol. The van der Waals surface area contributed by atoms with Gasteiger partial charge in [-0.05, 0) is 41.0 Å². The maximum atomic E-state index is 12.5. The molecule has 1 saturated heterocycles. The second kappa shape index (κ2) is 9.75. The lowest BCUT2D eigenvalue weighted by Crippen LogP contribution is -2.63. The van der Waals surface area contributed by atoms with Crippen molar-refractivity contribution in [1.82, 2.24) is 10.4 Å². The number of nitrogens with zero attached hydrogens (tertiary/aromatic N) is 2. The summed E-state index contributed by atoms with van der Waals surface area (Å²) >= 11 is 6.14. The van der Waals surface area contributed by atoms with Crippen LogP contribution >= 0.6 is 11.6 Å². The molecule has 186 valence electrons. The topological polar surface area (TPSA) is 132 Å². The van der Waals surface area contributed by atoms with Crippen LogP contribution in [0.2, 0.25) is 0 Å². The minimum atomic E-state index is -0.926. The van der Waals surface area contributed by atoms with E-state index in [1.165, 1.54) is 36.4 Å². The second-order valence-electron chi connectivity index (χ2n) is 8.23. The number of nitrogens with one attached hydrogen (secondary N) is 1. The Morgan fingerprint density at radius 1 is 1.05 bits per heavy atom. The molecule has 4 aromatic rings. The highest BCUT2D eigenvalue weighted by Gasteiger charge is 2.48. The molecule has 2 heterocycles. The predicted molar refractivity (Wildman–Crippen MR) is 134 cm³/mol. The summed E-state index contributed by atoms with van der Waals surface area (Å²) in [5, 5.41) is 11.7. The number of ether oxygens (including phenoxy) is 1. The number of nitro benzene ring substituents is 1. The van der Waals surface area contributed by atoms with Crippen LogP contribution in [0.25, 0.3) is 22.1 Å². The highest BCUT2D eigenvalue weighted by atomic mass is 35.5. The van der Waals surface area contributed by atoms with Gasteiger partial charge in [0, 0.05) is 29.7 Å². The number of fused-ring (bicyclic) bond motifs is 1. The molecule has 0 saturated carbocycles. The molecule has 1 aromatic heterocycles. The van der Waals surface area contributed by atoms with Crippen LogP contribution in [0.4, 0.5) is 5.69 Å². The molecule has 0 spiro atoms. The van der Waals surface area contributed by atoms with Gasteiger partial charge in [0.2, 0.25) is 0 Å². The van der Waals surface area contributed by atoms with E-state index in [1.807, 2.05) is 30.3 Å². The van der Waals surface area contributed by atoms with Gasteiger partial charge in [0.05, 0.1) is 4.92 Å². The first-order chi connectivity index (χ1) is 17.8. The number of rotatable bonds is 7. The van der Waals surface area contributed by atoms with Gasteiger partial charge in [-0.15, -0.1) is 11.6 Å². The quantitative estimate of drug-likeness (QED) is 0.128. The smallest absolute Gasteiger partial charge is 0.336 e. The number of benzene rings is 3. The number of amides is 2. The maximum Gasteiger partial charge on any atom is 0.336 e. The van der Waals surface area contributed by atoms with Gasteiger partial charge in [0.25, 0.3) is 17.5 Å². The monoisotopic (exact) mass is 519 g/mol. The number of β-lactam (4-membered cyclic amide) rings is 1. The Morgan fingerprint density at radius 3 is 2.49 bits per heavy atom. The standard InChI is InChI=1S/C26H18ClN3O7/c27-24-25(16-6-8-17(9-7-16)30(34)35)29(26(24)33)28-22(31)14-36-18-10-11-19-20(15-4-2-1-3-5-15)13-23(32)37-21(19)12-18/h1-13,24-25H,14H2,(H,28,31). The number of carbonyl (C=O) groups excluding carboxylic acids is 2. The normalized spacial score (nSPS) is 16.8. The van der Waals surface area contributed by atoms with Gasteiger partial charge in [0.15, 0.2) is 6.61 Å². The van der Waals surface area contributed by atoms with E-state index in [9.17, 15) is 24.5 Å². The van der Waals surface area contributed by atoms with E-state index < -0.39 is 40.4 Å². The molecule has 5 rings (SSSR count). The van der Waals surface area contributed by atoms with E-state index in [4.69, 9.17) is 20.8 Å². The van der Waals surface area contributed by atoms with Crippen LogP contribution in [0, 0.1) is 10.1 Å². The molecule has 1 aliphatic rings. The van der Waals surface area contributed by atoms with E-state index in [-0.39, 0.29) is 11.4 Å². The first-order valence-electron chi connectivity index (χ1n) is 11.1. The molecule has 1 aliphatic heterocycles. The molecule has 11 heteroatoms. The fourth-order valence-electron chi connectivity index (χ4n) is 4.09. The molecule has 1 fully saturated rings. The molecular weight excluding hydrogens is 502 g/mol. The van der Waals surface area contributed by atoms with Crippen LogP contribution in [-0.2, 0) is 9.59 Å². The van der Waals surface area contributed by atoms with Crippen molar-refractivity contribution in [3.05, 3.63) is 105 Å². The minimum Gasteiger partial charge on any atom is -0.484 e. The van der Waals surface area contributed by atoms with Gasteiger partial charge in [-0.25, -0.2) is 9.80 Å². The Bertz CT molecular complexity index is 1570. The Balaban J connectivity index is 1.27. The van der Waals surface area contributed by atoms with Crippen molar-refractivity contribution >= 4 is 40.1 Å². The van der Waals surface area contributed by atoms with Crippen LogP contribution in [0.3, 0.4) is 0 Å². The van der Waals surface area contributed by atoms with Crippen molar-refractivity contribution in [2.24, 2.45) is 0 Å². The van der Waals surface area contributed by atoms with Gasteiger partial charge in [-0.2, -0.15) is 0 Å². The summed E-state index contributed by atoms with van der Waals surface area (Å²) in [4.78, 5) is 47.2. The zero-order valence-electron chi connectivity index (χ0n) is 19.0. The maximum absolute atomic E-state index is 12.5. The third-order valence-electron chi connectivity index (χ3n) is 5.89. The Kier molecular flexibility index (Phi) is 6.33. The second-order valence-corrected chi connectivity index (χ2v) is 8.70. The summed E-state index contributed by atoms with van der Waals surface area (Å²) in [5.41, 5.74) is 4.22. The highest BCUT2D eigenvalue weighted by molar-refractivity contribution is 6.33. The van der Waals surface area contributed by atoms with E-state index in [2.05, 4.69) is 5.43 Å². The van der Waals surface area contributed by atoms with E-state index in [1.54, 1.807) is 12.1 Å². The number of hydrogen-bond acceptors (Lipinski definition) is 7. The fourth-order valence-corrected chi connectivity index (χ4v) is 4.46. The number of hydrazine groups is 1. The van der Waals surface area contributed by atoms with E-state index in [0.29, 0.717) is 22.1 Å². The van der Waals surface area contributed by atoms with Gasteiger partial charge >= 0.3 is 5.63 Å². The largest absolute Gasteiger partial charge is 0.484 e. The lowest BCUT2D eigenvalue weighted by molar-refractivity contribution is -0.384. The number of hydrogen-bond donors (Lipinski definition) is 1. The van der Waals surface area contributed by atoms with Crippen LogP contribution in [-0.4, -0.2) is 33.7 Å². The zero-order valence-corrected chi connectivity index (χ0v) is 19.8. The van der Waals surface area contributed by atoms with Crippen LogP contribution in [0.1, 0.15) is 11.6 Å². The molecule has 37 heavy (non-hydrogen) atoms. The lowest BCUT2D eigenvalue weighted by Gasteiger charge is -2.43. The van der Waals surface area contributed by atoms with Gasteiger partial charge < -0.3 is 9.15 Å². The number of non-ortho nitro benzene ring substituents is 1. The predicted octanol–water partition coefficient (Wildman–Crippen LogP) is 3.97. The molecule has 0 bridgehead atoms. The number of alkyl halides is 1. The van der Waals surface area contributed by atoms with Crippen molar-refractivity contribution < 1.29 is 23.7 Å². The number of nitro groups is 1. The summed E-state index contributed by atoms with van der Waals surface area (Å²) < 4.78 is 10.9. The summed E-state index contributed by atoms with van der Waals surface area (Å²) in [6.07, 6.45) is 0. The van der Waals surface area contributed by atoms with Crippen molar-refractivity contribution in [2.45, 2.75) is 11.4 Å². The van der Waals surface area contributed by atoms with E-state index >= 15 is 0 Å². The van der Waals surface area contributed by atoms with Gasteiger partial charge in [-0.1, -0.05) is 30.3 Å². The molecular formula is C26H18ClN3O7. The molecule has 0 radical (unpaired) electrons. The van der Waals surface area contributed by atoms with Crippen molar-refractivity contribution in [1.29, 1.82) is 0 Å². The lowest BCUT2D eigenvalue weighted by atomic mass is 9.95. The van der Waals surface area contributed by atoms with Gasteiger partial charge in [0.1, 0.15) is 22.8 Å². The van der Waals surface area contributed by atoms with Crippen LogP contribution in [0.15, 0.2) is 88.1 Å². The third kappa shape index (κ3) is 4.74. The Hall–Kier alpha value is -4.70. The number of halogens is 1. The molecule has 3 aromatic carbocycles. The van der Waals surface area contributed by atoms with E-state index in [0.717, 1.165) is 10.6 Å². The average Bonchev–Trinajstić information content (AvgIpc) is 2.91. The zero-order chi connectivity index (χ0) is 26.1. The van der Waals surface area contributed by atoms with Crippen molar-refractivity contribution in [3.63, 3.8) is 0 Å². The Morgan fingerprint density at radius 2 is 1.78 bits per heavy atom. The summed E-state index contributed by atoms with van der Waals surface area (Å²) in [6, 6.07) is 20.6. The van der Waals surface area contributed by atoms with Crippen LogP contribution < -0.4 is 15.8 Å². The molecule has 0 aliphatic carbocycles. The first-order valence-corrected chi connectivity index (χ1v) is 11.5. The summed E-state index contributed by atoms with van der Waals surface area (Å²) in [6.45, 7) is -0.433. The molecule has 2 unspecified atom stereocenters. The Labute approximate surface area is 214 Å². The molecule has 2 amide bonds. The molecule has 1 N–H and O–H groups in total. The van der Waals surface area contributed by atoms with Crippen molar-refractivity contribution in [3.8, 4) is 16.9 Å². The molecule has 2 atom stereocenters. The fraction of sp³-hybridized carbons (Fsp3) is 0.115. The third-order valence-corrected chi connectivity index (χ3v) is 6.32. The highest BCUT2D eigenvalue weighted by Crippen LogP contribution is 2.37. The number of carbonyl (C=O) groups is 2. The summed E-state index contributed by atoms with van der Waals surface area (Å²) in [5.74, 6) is -0.851. The van der Waals surface area contributed by atoms with Gasteiger partial charge in [-0.3, -0.25) is 25.1 Å². The summed E-state index contributed by atoms with van der Waals surface area (Å²) in [7, 11) is 0. The minimum absolute atomic E-state index is 0.105. The van der Waals surface area contributed by atoms with Crippen LogP contribution in [0.5, 0.6) is 5.75 Å². The molecule has 10 nitrogen and oxygen atoms in total. The first kappa shape index (κ1) is 24.0.